The molecule has 2 aliphatic heterocycles. The number of aromatic nitrogens is 5. The van der Waals surface area contributed by atoms with Crippen LogP contribution in [0.25, 0.3) is 5.69 Å². The number of nitrogens with zero attached hydrogens (tertiary/aromatic N) is 6. The smallest absolute Gasteiger partial charge is 0.227 e. The van der Waals surface area contributed by atoms with Crippen LogP contribution in [0.3, 0.4) is 0 Å². The maximum absolute atomic E-state index is 13.5. The summed E-state index contributed by atoms with van der Waals surface area (Å²) >= 11 is 0. The molecule has 3 aromatic rings. The minimum atomic E-state index is -0.0239. The molecule has 0 N–H and O–H groups in total. The zero-order valence-electron chi connectivity index (χ0n) is 17.0. The number of fused-ring (bicyclic) bond motifs is 2. The Morgan fingerprint density at radius 1 is 1.21 bits per heavy atom. The summed E-state index contributed by atoms with van der Waals surface area (Å²) in [5.41, 5.74) is 3.40. The molecule has 5 rings (SSSR count). The molecule has 2 aromatic heterocycles. The van der Waals surface area contributed by atoms with Crippen molar-refractivity contribution in [2.24, 2.45) is 11.3 Å². The van der Waals surface area contributed by atoms with Gasteiger partial charge in [-0.3, -0.25) is 4.79 Å². The summed E-state index contributed by atoms with van der Waals surface area (Å²) in [6.45, 7) is 6.53. The fourth-order valence-electron chi connectivity index (χ4n) is 4.68. The molecule has 4 heterocycles. The molecule has 150 valence electrons. The van der Waals surface area contributed by atoms with Gasteiger partial charge >= 0.3 is 0 Å². The van der Waals surface area contributed by atoms with Crippen LogP contribution in [0, 0.1) is 11.3 Å². The van der Waals surface area contributed by atoms with Crippen molar-refractivity contribution in [2.45, 2.75) is 46.2 Å². The van der Waals surface area contributed by atoms with E-state index in [2.05, 4.69) is 41.3 Å². The molecule has 1 aromatic carbocycles. The molecule has 1 amide bonds. The van der Waals surface area contributed by atoms with Gasteiger partial charge in [0.2, 0.25) is 5.91 Å². The summed E-state index contributed by atoms with van der Waals surface area (Å²) in [6.07, 6.45) is 6.21. The van der Waals surface area contributed by atoms with Gasteiger partial charge in [0.1, 0.15) is 12.2 Å². The molecule has 1 unspecified atom stereocenters. The van der Waals surface area contributed by atoms with E-state index in [1.54, 1.807) is 6.33 Å². The average Bonchev–Trinajstić information content (AvgIpc) is 3.30. The standard InChI is InChI=1S/C22H26N6O/c1-22(2)10-19-17(11-24-28(19)18-6-4-3-5-7-18)13-26(14-22)21(29)16-8-9-20-25-23-15-27(20)12-16/h3-7,11,15-16H,8-10,12-14H2,1-2H3. The summed E-state index contributed by atoms with van der Waals surface area (Å²) < 4.78 is 4.06. The monoisotopic (exact) mass is 390 g/mol. The van der Waals surface area contributed by atoms with Gasteiger partial charge in [0.25, 0.3) is 0 Å². The predicted octanol–water partition coefficient (Wildman–Crippen LogP) is 2.64. The number of hydrogen-bond donors (Lipinski definition) is 0. The first-order valence-corrected chi connectivity index (χ1v) is 10.3. The van der Waals surface area contributed by atoms with E-state index in [1.165, 1.54) is 5.69 Å². The SMILES string of the molecule is CC1(C)Cc2c(cnn2-c2ccccc2)CN(C(=O)C2CCc3nncn3C2)C1. The Balaban J connectivity index is 1.43. The van der Waals surface area contributed by atoms with Crippen LogP contribution in [-0.4, -0.2) is 41.9 Å². The number of carbonyl (C=O) groups is 1. The molecule has 0 fully saturated rings. The number of amides is 1. The third-order valence-corrected chi connectivity index (χ3v) is 6.07. The van der Waals surface area contributed by atoms with Crippen molar-refractivity contribution in [3.8, 4) is 5.69 Å². The lowest BCUT2D eigenvalue weighted by atomic mass is 9.87. The van der Waals surface area contributed by atoms with Crippen molar-refractivity contribution >= 4 is 5.91 Å². The molecule has 7 nitrogen and oxygen atoms in total. The van der Waals surface area contributed by atoms with Crippen LogP contribution in [0.4, 0.5) is 0 Å². The molecule has 29 heavy (non-hydrogen) atoms. The molecule has 0 saturated heterocycles. The molecule has 0 bridgehead atoms. The van der Waals surface area contributed by atoms with Crippen LogP contribution in [0.1, 0.15) is 37.4 Å². The van der Waals surface area contributed by atoms with Crippen molar-refractivity contribution in [3.63, 3.8) is 0 Å². The lowest BCUT2D eigenvalue weighted by Crippen LogP contribution is -2.43. The quantitative estimate of drug-likeness (QED) is 0.675. The zero-order valence-corrected chi connectivity index (χ0v) is 17.0. The van der Waals surface area contributed by atoms with Gasteiger partial charge in [0.15, 0.2) is 0 Å². The number of aryl methyl sites for hydroxylation is 1. The van der Waals surface area contributed by atoms with Crippen molar-refractivity contribution in [3.05, 3.63) is 59.9 Å². The Kier molecular flexibility index (Phi) is 4.26. The Bertz CT molecular complexity index is 1030. The van der Waals surface area contributed by atoms with Crippen molar-refractivity contribution in [2.75, 3.05) is 6.54 Å². The molecule has 2 aliphatic rings. The molecular formula is C22H26N6O. The number of hydrogen-bond acceptors (Lipinski definition) is 4. The van der Waals surface area contributed by atoms with Crippen LogP contribution in [0.15, 0.2) is 42.9 Å². The summed E-state index contributed by atoms with van der Waals surface area (Å²) in [7, 11) is 0. The Morgan fingerprint density at radius 2 is 2.03 bits per heavy atom. The maximum atomic E-state index is 13.5. The van der Waals surface area contributed by atoms with Gasteiger partial charge in [-0.25, -0.2) is 4.68 Å². The Hall–Kier alpha value is -2.96. The zero-order chi connectivity index (χ0) is 20.0. The number of benzene rings is 1. The predicted molar refractivity (Wildman–Crippen MR) is 108 cm³/mol. The molecule has 0 spiro atoms. The van der Waals surface area contributed by atoms with Crippen molar-refractivity contribution in [1.29, 1.82) is 0 Å². The van der Waals surface area contributed by atoms with Gasteiger partial charge < -0.3 is 9.47 Å². The first-order valence-electron chi connectivity index (χ1n) is 10.3. The van der Waals surface area contributed by atoms with Crippen molar-refractivity contribution in [1.82, 2.24) is 29.4 Å². The van der Waals surface area contributed by atoms with E-state index in [0.29, 0.717) is 13.1 Å². The second-order valence-corrected chi connectivity index (χ2v) is 9.03. The van der Waals surface area contributed by atoms with Gasteiger partial charge in [0.05, 0.1) is 17.8 Å². The molecule has 0 aliphatic carbocycles. The minimum Gasteiger partial charge on any atom is -0.337 e. The van der Waals surface area contributed by atoms with Crippen LogP contribution in [0.5, 0.6) is 0 Å². The highest BCUT2D eigenvalue weighted by Gasteiger charge is 2.36. The van der Waals surface area contributed by atoms with Gasteiger partial charge in [0, 0.05) is 37.3 Å². The van der Waals surface area contributed by atoms with E-state index in [1.807, 2.05) is 38.5 Å². The van der Waals surface area contributed by atoms with E-state index >= 15 is 0 Å². The molecule has 7 heteroatoms. The maximum Gasteiger partial charge on any atom is 0.227 e. The minimum absolute atomic E-state index is 0.0139. The summed E-state index contributed by atoms with van der Waals surface area (Å²) in [5.74, 6) is 1.20. The second kappa shape index (κ2) is 6.83. The second-order valence-electron chi connectivity index (χ2n) is 9.03. The summed E-state index contributed by atoms with van der Waals surface area (Å²) in [5, 5.41) is 12.8. The Labute approximate surface area is 170 Å². The largest absolute Gasteiger partial charge is 0.337 e. The topological polar surface area (TPSA) is 68.8 Å². The highest BCUT2D eigenvalue weighted by atomic mass is 16.2. The van der Waals surface area contributed by atoms with E-state index in [-0.39, 0.29) is 17.2 Å². The van der Waals surface area contributed by atoms with E-state index in [4.69, 9.17) is 0 Å². The molecule has 0 radical (unpaired) electrons. The fraction of sp³-hybridized carbons (Fsp3) is 0.455. The van der Waals surface area contributed by atoms with Crippen molar-refractivity contribution < 1.29 is 4.79 Å². The number of rotatable bonds is 2. The number of carbonyl (C=O) groups excluding carboxylic acids is 1. The van der Waals surface area contributed by atoms with E-state index < -0.39 is 0 Å². The van der Waals surface area contributed by atoms with Crippen LogP contribution in [-0.2, 0) is 30.7 Å². The first-order chi connectivity index (χ1) is 14.0. The average molecular weight is 390 g/mol. The van der Waals surface area contributed by atoms with Crippen LogP contribution >= 0.6 is 0 Å². The fourth-order valence-corrected chi connectivity index (χ4v) is 4.68. The Morgan fingerprint density at radius 3 is 2.86 bits per heavy atom. The third-order valence-electron chi connectivity index (χ3n) is 6.07. The highest BCUT2D eigenvalue weighted by molar-refractivity contribution is 5.79. The van der Waals surface area contributed by atoms with Gasteiger partial charge in [-0.2, -0.15) is 5.10 Å². The number of para-hydroxylation sites is 1. The van der Waals surface area contributed by atoms with Gasteiger partial charge in [-0.15, -0.1) is 10.2 Å². The van der Waals surface area contributed by atoms with Crippen LogP contribution in [0.2, 0.25) is 0 Å². The molecule has 1 atom stereocenters. The first kappa shape index (κ1) is 18.1. The van der Waals surface area contributed by atoms with Crippen LogP contribution < -0.4 is 0 Å². The summed E-state index contributed by atoms with van der Waals surface area (Å²) in [4.78, 5) is 15.5. The van der Waals surface area contributed by atoms with E-state index in [9.17, 15) is 4.79 Å². The summed E-state index contributed by atoms with van der Waals surface area (Å²) in [6, 6.07) is 10.2. The van der Waals surface area contributed by atoms with Gasteiger partial charge in [-0.05, 0) is 30.4 Å². The lowest BCUT2D eigenvalue weighted by Gasteiger charge is -2.33. The lowest BCUT2D eigenvalue weighted by molar-refractivity contribution is -0.138. The van der Waals surface area contributed by atoms with Gasteiger partial charge in [-0.1, -0.05) is 32.0 Å². The molecular weight excluding hydrogens is 364 g/mol. The highest BCUT2D eigenvalue weighted by Crippen LogP contribution is 2.33. The third kappa shape index (κ3) is 3.34. The van der Waals surface area contributed by atoms with E-state index in [0.717, 1.165) is 42.9 Å². The molecule has 0 saturated carbocycles. The normalized spacial score (nSPS) is 20.6.